The van der Waals surface area contributed by atoms with Crippen molar-refractivity contribution in [3.63, 3.8) is 0 Å². The molecule has 0 saturated carbocycles. The summed E-state index contributed by atoms with van der Waals surface area (Å²) in [5.74, 6) is 1.72. The van der Waals surface area contributed by atoms with E-state index in [1.807, 2.05) is 11.3 Å². The van der Waals surface area contributed by atoms with E-state index in [0.29, 0.717) is 0 Å². The zero-order valence-electron chi connectivity index (χ0n) is 23.7. The number of rotatable bonds is 1. The first kappa shape index (κ1) is 22.7. The maximum absolute atomic E-state index is 6.72. The molecular formula is C38H21N5OS+2. The Kier molecular flexibility index (Phi) is 3.76. The van der Waals surface area contributed by atoms with E-state index in [2.05, 4.69) is 146 Å². The molecule has 0 saturated heterocycles. The Morgan fingerprint density at radius 2 is 1.42 bits per heavy atom. The number of hydrogen-bond donors (Lipinski definition) is 0. The Balaban J connectivity index is 1.22. The maximum Gasteiger partial charge on any atom is 0.337 e. The molecule has 5 aromatic carbocycles. The summed E-state index contributed by atoms with van der Waals surface area (Å²) in [6, 6.07) is 41.3. The van der Waals surface area contributed by atoms with Gasteiger partial charge in [0.25, 0.3) is 5.65 Å². The van der Waals surface area contributed by atoms with Crippen LogP contribution in [0.5, 0.6) is 11.5 Å². The lowest BCUT2D eigenvalue weighted by molar-refractivity contribution is -0.989. The second kappa shape index (κ2) is 7.46. The summed E-state index contributed by atoms with van der Waals surface area (Å²) < 4.78 is 16.5. The normalized spacial score (nSPS) is 16.7. The number of ether oxygens (including phenoxy) is 1. The van der Waals surface area contributed by atoms with Crippen molar-refractivity contribution in [3.8, 4) is 34.1 Å². The first-order valence-electron chi connectivity index (χ1n) is 15.1. The second-order valence-electron chi connectivity index (χ2n) is 12.1. The van der Waals surface area contributed by atoms with Crippen molar-refractivity contribution in [2.45, 2.75) is 5.66 Å². The monoisotopic (exact) mass is 595 g/mol. The van der Waals surface area contributed by atoms with Gasteiger partial charge in [0.1, 0.15) is 39.5 Å². The third kappa shape index (κ3) is 2.44. The fourth-order valence-electron chi connectivity index (χ4n) is 8.31. The molecule has 3 aliphatic rings. The van der Waals surface area contributed by atoms with Crippen molar-refractivity contribution in [3.05, 3.63) is 139 Å². The van der Waals surface area contributed by atoms with Gasteiger partial charge in [-0.15, -0.1) is 11.3 Å². The van der Waals surface area contributed by atoms with Crippen molar-refractivity contribution < 1.29 is 14.0 Å². The van der Waals surface area contributed by atoms with E-state index in [9.17, 15) is 0 Å². The van der Waals surface area contributed by atoms with Crippen LogP contribution in [0.1, 0.15) is 11.1 Å². The van der Waals surface area contributed by atoms with E-state index in [1.54, 1.807) is 0 Å². The van der Waals surface area contributed by atoms with Gasteiger partial charge in [0.05, 0.1) is 16.7 Å². The van der Waals surface area contributed by atoms with E-state index in [1.165, 1.54) is 36.5 Å². The molecule has 1 atom stereocenters. The number of aromatic nitrogens is 5. The summed E-state index contributed by atoms with van der Waals surface area (Å²) in [6.07, 6.45) is 4.45. The van der Waals surface area contributed by atoms with Crippen LogP contribution in [0.25, 0.3) is 64.7 Å². The molecule has 12 rings (SSSR count). The smallest absolute Gasteiger partial charge is 0.337 e. The highest BCUT2D eigenvalue weighted by Gasteiger charge is 2.66. The standard InChI is InChI=1S/C38H21N5OS/c1-3-11-28-23(8-1)26-10-7-19-40-37(26)42(28)29-12-5-14-31-35(29)38(40)36-30(13-6-15-32(36)44-31)43-39-27(21-41(38)43)22-17-18-25-24-9-2-4-16-33(24)45-34(25)20-22/h1-21H/q+2. The van der Waals surface area contributed by atoms with Gasteiger partial charge in [0, 0.05) is 31.1 Å². The molecular weight excluding hydrogens is 575 g/mol. The lowest BCUT2D eigenvalue weighted by Crippen LogP contribution is -2.76. The van der Waals surface area contributed by atoms with Crippen LogP contribution >= 0.6 is 11.3 Å². The molecule has 0 amide bonds. The number of benzene rings is 5. The highest BCUT2D eigenvalue weighted by molar-refractivity contribution is 7.25. The SMILES string of the molecule is c1cc2c3c(c1)-n1c4ccccc4c4ccc[n+](c41)C31c3c(cccc3-n3nc(-c4ccc5c(c4)sc4ccccc45)c[n+]31)O2. The van der Waals surface area contributed by atoms with Crippen molar-refractivity contribution >= 4 is 53.4 Å². The molecule has 7 heteroatoms. The van der Waals surface area contributed by atoms with Crippen LogP contribution in [0.2, 0.25) is 0 Å². The average molecular weight is 596 g/mol. The highest BCUT2D eigenvalue weighted by atomic mass is 32.1. The first-order chi connectivity index (χ1) is 22.3. The molecule has 208 valence electrons. The van der Waals surface area contributed by atoms with Crippen LogP contribution in [0.4, 0.5) is 0 Å². The molecule has 4 aromatic heterocycles. The summed E-state index contributed by atoms with van der Waals surface area (Å²) in [7, 11) is 0. The lowest BCUT2D eigenvalue weighted by atomic mass is 9.84. The molecule has 1 spiro atoms. The van der Waals surface area contributed by atoms with Crippen molar-refractivity contribution in [1.29, 1.82) is 0 Å². The first-order valence-corrected chi connectivity index (χ1v) is 16.0. The van der Waals surface area contributed by atoms with Crippen molar-refractivity contribution in [2.24, 2.45) is 0 Å². The van der Waals surface area contributed by atoms with Crippen molar-refractivity contribution in [2.75, 3.05) is 0 Å². The zero-order valence-corrected chi connectivity index (χ0v) is 24.5. The molecule has 3 aliphatic heterocycles. The molecule has 6 nitrogen and oxygen atoms in total. The van der Waals surface area contributed by atoms with Gasteiger partial charge in [-0.25, -0.2) is 0 Å². The Bertz CT molecular complexity index is 2820. The fourth-order valence-corrected chi connectivity index (χ4v) is 9.45. The van der Waals surface area contributed by atoms with E-state index in [0.717, 1.165) is 50.9 Å². The van der Waals surface area contributed by atoms with Crippen LogP contribution in [-0.4, -0.2) is 14.5 Å². The van der Waals surface area contributed by atoms with Gasteiger partial charge in [-0.05, 0) is 71.5 Å². The van der Waals surface area contributed by atoms with E-state index >= 15 is 0 Å². The van der Waals surface area contributed by atoms with Crippen LogP contribution in [0.15, 0.2) is 128 Å². The Hall–Kier alpha value is -5.79. The molecule has 0 aliphatic carbocycles. The predicted octanol–water partition coefficient (Wildman–Crippen LogP) is 7.61. The van der Waals surface area contributed by atoms with Gasteiger partial charge in [-0.2, -0.15) is 9.13 Å². The molecule has 9 aromatic rings. The number of para-hydroxylation sites is 1. The quantitative estimate of drug-likeness (QED) is 0.183. The average Bonchev–Trinajstić information content (AvgIpc) is 3.83. The second-order valence-corrected chi connectivity index (χ2v) is 13.2. The fraction of sp³-hybridized carbons (Fsp3) is 0.0263. The summed E-state index contributed by atoms with van der Waals surface area (Å²) in [6.45, 7) is 0. The number of fused-ring (bicyclic) bond motifs is 9. The predicted molar refractivity (Wildman–Crippen MR) is 175 cm³/mol. The minimum Gasteiger partial charge on any atom is -0.456 e. The van der Waals surface area contributed by atoms with Crippen LogP contribution in [-0.2, 0) is 5.66 Å². The number of nitrogens with zero attached hydrogens (tertiary/aromatic N) is 5. The minimum absolute atomic E-state index is 0.729. The molecule has 0 bridgehead atoms. The van der Waals surface area contributed by atoms with E-state index in [4.69, 9.17) is 9.84 Å². The van der Waals surface area contributed by atoms with Gasteiger partial charge in [0.15, 0.2) is 6.20 Å². The lowest BCUT2D eigenvalue weighted by Gasteiger charge is -2.35. The topological polar surface area (TPSA) is 39.7 Å². The van der Waals surface area contributed by atoms with Crippen LogP contribution in [0, 0.1) is 0 Å². The number of pyridine rings is 1. The van der Waals surface area contributed by atoms with Crippen molar-refractivity contribution in [1.82, 2.24) is 14.5 Å². The third-order valence-corrected chi connectivity index (χ3v) is 11.1. The maximum atomic E-state index is 6.72. The van der Waals surface area contributed by atoms with E-state index in [-0.39, 0.29) is 0 Å². The van der Waals surface area contributed by atoms with Gasteiger partial charge in [-0.3, -0.25) is 0 Å². The molecule has 0 radical (unpaired) electrons. The van der Waals surface area contributed by atoms with Gasteiger partial charge in [-0.1, -0.05) is 53.2 Å². The zero-order chi connectivity index (χ0) is 29.0. The van der Waals surface area contributed by atoms with Crippen LogP contribution < -0.4 is 14.0 Å². The Morgan fingerprint density at radius 3 is 2.33 bits per heavy atom. The molecule has 0 N–H and O–H groups in total. The minimum atomic E-state index is -0.729. The molecule has 45 heavy (non-hydrogen) atoms. The summed E-state index contributed by atoms with van der Waals surface area (Å²) in [4.78, 5) is 2.09. The molecule has 7 heterocycles. The summed E-state index contributed by atoms with van der Waals surface area (Å²) in [5, 5.41) is 10.4. The van der Waals surface area contributed by atoms with Gasteiger partial charge < -0.3 is 4.74 Å². The highest BCUT2D eigenvalue weighted by Crippen LogP contribution is 2.54. The summed E-state index contributed by atoms with van der Waals surface area (Å²) in [5.41, 5.74) is 8.02. The van der Waals surface area contributed by atoms with E-state index < -0.39 is 5.66 Å². The van der Waals surface area contributed by atoms with Crippen LogP contribution in [0.3, 0.4) is 0 Å². The number of thiophene rings is 1. The molecule has 0 fully saturated rings. The van der Waals surface area contributed by atoms with Gasteiger partial charge >= 0.3 is 5.66 Å². The Labute approximate surface area is 259 Å². The molecule has 1 unspecified atom stereocenters. The third-order valence-electron chi connectivity index (χ3n) is 10.0. The largest absolute Gasteiger partial charge is 0.456 e. The number of hydrogen-bond acceptors (Lipinski definition) is 3. The Morgan fingerprint density at radius 1 is 0.667 bits per heavy atom. The summed E-state index contributed by atoms with van der Waals surface area (Å²) >= 11 is 1.84. The van der Waals surface area contributed by atoms with Gasteiger partial charge in [0.2, 0.25) is 5.69 Å².